The van der Waals surface area contributed by atoms with Gasteiger partial charge in [-0.15, -0.1) is 0 Å². The molecule has 0 radical (unpaired) electrons. The molecule has 1 rings (SSSR count). The van der Waals surface area contributed by atoms with Gasteiger partial charge in [0.2, 0.25) is 11.7 Å². The predicted molar refractivity (Wildman–Crippen MR) is 58.7 cm³/mol. The van der Waals surface area contributed by atoms with Crippen molar-refractivity contribution in [3.63, 3.8) is 0 Å². The fraction of sp³-hybridized carbons (Fsp3) is 0.444. The molecule has 0 aromatic carbocycles. The van der Waals surface area contributed by atoms with E-state index in [0.717, 1.165) is 0 Å². The molecule has 0 saturated heterocycles. The third-order valence-corrected chi connectivity index (χ3v) is 2.02. The van der Waals surface area contributed by atoms with Crippen LogP contribution in [-0.2, 0) is 4.79 Å². The smallest absolute Gasteiger partial charge is 0.295 e. The first-order chi connectivity index (χ1) is 7.60. The third-order valence-electron chi connectivity index (χ3n) is 2.02. The minimum Gasteiger partial charge on any atom is -0.489 e. The van der Waals surface area contributed by atoms with Crippen molar-refractivity contribution in [2.24, 2.45) is 0 Å². The summed E-state index contributed by atoms with van der Waals surface area (Å²) in [7, 11) is 4.57. The molecule has 0 spiro atoms. The molecule has 1 aromatic rings. The largest absolute Gasteiger partial charge is 0.489 e. The standard InChI is InChI=1S/C9H14N4O3/c1-10-6(14)4-13(2)8-7(16-3)9(15)12-5-11-8/h5H,4H2,1-3H3,(H,10,14)(H,11,12,15). The summed E-state index contributed by atoms with van der Waals surface area (Å²) in [6.07, 6.45) is 1.26. The van der Waals surface area contributed by atoms with Gasteiger partial charge in [-0.3, -0.25) is 9.59 Å². The fourth-order valence-electron chi connectivity index (χ4n) is 1.20. The molecule has 16 heavy (non-hydrogen) atoms. The monoisotopic (exact) mass is 226 g/mol. The first kappa shape index (κ1) is 12.0. The number of H-pyrrole nitrogens is 1. The number of ether oxygens (including phenoxy) is 1. The number of rotatable bonds is 4. The molecule has 7 heteroatoms. The molecule has 0 aliphatic heterocycles. The summed E-state index contributed by atoms with van der Waals surface area (Å²) < 4.78 is 4.93. The van der Waals surface area contributed by atoms with Crippen LogP contribution < -0.4 is 20.5 Å². The zero-order valence-electron chi connectivity index (χ0n) is 9.40. The molecule has 1 heterocycles. The highest BCUT2D eigenvalue weighted by atomic mass is 16.5. The zero-order chi connectivity index (χ0) is 12.1. The van der Waals surface area contributed by atoms with Gasteiger partial charge in [0.05, 0.1) is 20.0 Å². The minimum atomic E-state index is -0.378. The van der Waals surface area contributed by atoms with Crippen LogP contribution in [0.15, 0.2) is 11.1 Å². The summed E-state index contributed by atoms with van der Waals surface area (Å²) in [4.78, 5) is 30.4. The summed E-state index contributed by atoms with van der Waals surface area (Å²) in [6, 6.07) is 0. The lowest BCUT2D eigenvalue weighted by Crippen LogP contribution is -2.34. The van der Waals surface area contributed by atoms with Crippen molar-refractivity contribution in [3.05, 3.63) is 16.7 Å². The van der Waals surface area contributed by atoms with Gasteiger partial charge in [-0.1, -0.05) is 0 Å². The molecule has 0 unspecified atom stereocenters. The van der Waals surface area contributed by atoms with Crippen LogP contribution in [0, 0.1) is 0 Å². The SMILES string of the molecule is CNC(=O)CN(C)c1nc[nH]c(=O)c1OC. The Morgan fingerprint density at radius 3 is 2.94 bits per heavy atom. The topological polar surface area (TPSA) is 87.3 Å². The first-order valence-corrected chi connectivity index (χ1v) is 4.63. The van der Waals surface area contributed by atoms with Crippen LogP contribution in [0.25, 0.3) is 0 Å². The van der Waals surface area contributed by atoms with E-state index >= 15 is 0 Å². The number of hydrogen-bond donors (Lipinski definition) is 2. The molecule has 1 amide bonds. The van der Waals surface area contributed by atoms with Crippen molar-refractivity contribution in [2.45, 2.75) is 0 Å². The average molecular weight is 226 g/mol. The van der Waals surface area contributed by atoms with Gasteiger partial charge in [0.15, 0.2) is 5.82 Å². The Balaban J connectivity index is 2.99. The maximum Gasteiger partial charge on any atom is 0.295 e. The number of amides is 1. The molecule has 7 nitrogen and oxygen atoms in total. The van der Waals surface area contributed by atoms with Gasteiger partial charge in [-0.2, -0.15) is 0 Å². The number of hydrogen-bond acceptors (Lipinski definition) is 5. The number of aromatic nitrogens is 2. The number of methoxy groups -OCH3 is 1. The molecule has 0 aliphatic carbocycles. The molecule has 0 atom stereocenters. The van der Waals surface area contributed by atoms with E-state index in [-0.39, 0.29) is 23.8 Å². The number of carbonyl (C=O) groups is 1. The second-order valence-electron chi connectivity index (χ2n) is 3.12. The highest BCUT2D eigenvalue weighted by Gasteiger charge is 2.15. The van der Waals surface area contributed by atoms with Gasteiger partial charge in [-0.25, -0.2) is 4.98 Å². The van der Waals surface area contributed by atoms with Crippen LogP contribution in [0.3, 0.4) is 0 Å². The summed E-state index contributed by atoms with van der Waals surface area (Å²) in [5.41, 5.74) is -0.378. The molecule has 2 N–H and O–H groups in total. The van der Waals surface area contributed by atoms with Gasteiger partial charge in [-0.05, 0) is 0 Å². The second-order valence-corrected chi connectivity index (χ2v) is 3.12. The lowest BCUT2D eigenvalue weighted by atomic mass is 10.4. The highest BCUT2D eigenvalue weighted by molar-refractivity contribution is 5.81. The second kappa shape index (κ2) is 5.15. The number of anilines is 1. The van der Waals surface area contributed by atoms with Crippen LogP contribution in [0.4, 0.5) is 5.82 Å². The van der Waals surface area contributed by atoms with E-state index in [2.05, 4.69) is 15.3 Å². The number of likely N-dealkylation sites (N-methyl/N-ethyl adjacent to an activating group) is 2. The fourth-order valence-corrected chi connectivity index (χ4v) is 1.20. The van der Waals surface area contributed by atoms with Crippen molar-refractivity contribution >= 4 is 11.7 Å². The Labute approximate surface area is 92.4 Å². The Hall–Kier alpha value is -2.05. The molecule has 0 fully saturated rings. The van der Waals surface area contributed by atoms with Crippen molar-refractivity contribution in [1.82, 2.24) is 15.3 Å². The molecule has 0 bridgehead atoms. The van der Waals surface area contributed by atoms with E-state index in [9.17, 15) is 9.59 Å². The molecule has 0 aliphatic rings. The molecular weight excluding hydrogens is 212 g/mol. The van der Waals surface area contributed by atoms with Gasteiger partial charge in [0.1, 0.15) is 0 Å². The van der Waals surface area contributed by atoms with Gasteiger partial charge in [0.25, 0.3) is 5.56 Å². The quantitative estimate of drug-likeness (QED) is 0.684. The zero-order valence-corrected chi connectivity index (χ0v) is 9.40. The molecular formula is C9H14N4O3. The van der Waals surface area contributed by atoms with Gasteiger partial charge >= 0.3 is 0 Å². The van der Waals surface area contributed by atoms with Crippen molar-refractivity contribution in [2.75, 3.05) is 32.6 Å². The van der Waals surface area contributed by atoms with E-state index in [1.54, 1.807) is 14.1 Å². The minimum absolute atomic E-state index is 0.0916. The predicted octanol–water partition coefficient (Wildman–Crippen LogP) is -1.04. The Morgan fingerprint density at radius 1 is 1.69 bits per heavy atom. The van der Waals surface area contributed by atoms with Crippen LogP contribution in [0.2, 0.25) is 0 Å². The van der Waals surface area contributed by atoms with Crippen molar-refractivity contribution in [1.29, 1.82) is 0 Å². The highest BCUT2D eigenvalue weighted by Crippen LogP contribution is 2.17. The summed E-state index contributed by atoms with van der Waals surface area (Å²) in [6.45, 7) is 0.101. The van der Waals surface area contributed by atoms with Crippen LogP contribution in [0.5, 0.6) is 5.75 Å². The number of nitrogens with zero attached hydrogens (tertiary/aromatic N) is 2. The Bertz CT molecular complexity index is 429. The van der Waals surface area contributed by atoms with Crippen molar-refractivity contribution in [3.8, 4) is 5.75 Å². The normalized spacial score (nSPS) is 9.69. The average Bonchev–Trinajstić information content (AvgIpc) is 2.28. The lowest BCUT2D eigenvalue weighted by molar-refractivity contribution is -0.119. The van der Waals surface area contributed by atoms with E-state index in [4.69, 9.17) is 4.74 Å². The number of aromatic amines is 1. The maximum absolute atomic E-state index is 11.4. The van der Waals surface area contributed by atoms with Crippen LogP contribution in [0.1, 0.15) is 0 Å². The maximum atomic E-state index is 11.4. The summed E-state index contributed by atoms with van der Waals surface area (Å²) in [5, 5.41) is 2.48. The van der Waals surface area contributed by atoms with E-state index in [1.807, 2.05) is 0 Å². The first-order valence-electron chi connectivity index (χ1n) is 4.63. The summed E-state index contributed by atoms with van der Waals surface area (Å²) in [5.74, 6) is 0.246. The number of nitrogens with one attached hydrogen (secondary N) is 2. The van der Waals surface area contributed by atoms with E-state index in [0.29, 0.717) is 5.82 Å². The van der Waals surface area contributed by atoms with Gasteiger partial charge < -0.3 is 19.9 Å². The molecule has 1 aromatic heterocycles. The molecule has 0 saturated carbocycles. The van der Waals surface area contributed by atoms with Crippen molar-refractivity contribution < 1.29 is 9.53 Å². The Morgan fingerprint density at radius 2 is 2.38 bits per heavy atom. The Kier molecular flexibility index (Phi) is 3.87. The van der Waals surface area contributed by atoms with Gasteiger partial charge in [0, 0.05) is 14.1 Å². The lowest BCUT2D eigenvalue weighted by Gasteiger charge is -2.18. The van der Waals surface area contributed by atoms with Crippen LogP contribution >= 0.6 is 0 Å². The van der Waals surface area contributed by atoms with Crippen LogP contribution in [-0.4, -0.2) is 43.6 Å². The third kappa shape index (κ3) is 2.50. The van der Waals surface area contributed by atoms with E-state index in [1.165, 1.54) is 18.3 Å². The molecule has 88 valence electrons. The van der Waals surface area contributed by atoms with E-state index < -0.39 is 0 Å². The summed E-state index contributed by atoms with van der Waals surface area (Å²) >= 11 is 0. The number of carbonyl (C=O) groups excluding carboxylic acids is 1.